The summed E-state index contributed by atoms with van der Waals surface area (Å²) in [6.45, 7) is 1.64. The minimum atomic E-state index is -3.31. The molecular weight excluding hydrogens is 380 g/mol. The number of methoxy groups -OCH3 is 1. The van der Waals surface area contributed by atoms with E-state index in [-0.39, 0.29) is 25.0 Å². The smallest absolute Gasteiger partial charge is 0.233 e. The maximum absolute atomic E-state index is 13.4. The van der Waals surface area contributed by atoms with Crippen molar-refractivity contribution in [3.8, 4) is 5.75 Å². The molecule has 2 saturated heterocycles. The Morgan fingerprint density at radius 2 is 1.93 bits per heavy atom. The number of amides is 1. The van der Waals surface area contributed by atoms with Crippen LogP contribution in [0.4, 0.5) is 0 Å². The summed E-state index contributed by atoms with van der Waals surface area (Å²) in [5.41, 5.74) is -0.0413. The molecule has 7 nitrogen and oxygen atoms in total. The van der Waals surface area contributed by atoms with Crippen LogP contribution in [-0.2, 0) is 20.2 Å². The van der Waals surface area contributed by atoms with Gasteiger partial charge in [-0.2, -0.15) is 0 Å². The Kier molecular flexibility index (Phi) is 4.71. The van der Waals surface area contributed by atoms with Crippen LogP contribution in [0, 0.1) is 11.3 Å². The summed E-state index contributed by atoms with van der Waals surface area (Å²) >= 11 is 0. The van der Waals surface area contributed by atoms with Gasteiger partial charge >= 0.3 is 0 Å². The lowest BCUT2D eigenvalue weighted by Crippen LogP contribution is -2.54. The quantitative estimate of drug-likeness (QED) is 0.780. The van der Waals surface area contributed by atoms with Crippen molar-refractivity contribution in [2.24, 2.45) is 11.3 Å². The maximum atomic E-state index is 13.4. The molecule has 1 N–H and O–H groups in total. The van der Waals surface area contributed by atoms with E-state index in [0.717, 1.165) is 30.6 Å². The molecule has 1 amide bonds. The number of benzene rings is 1. The molecule has 0 spiro atoms. The monoisotopic (exact) mass is 408 g/mol. The second-order valence-electron chi connectivity index (χ2n) is 8.60. The van der Waals surface area contributed by atoms with E-state index in [0.29, 0.717) is 19.6 Å². The van der Waals surface area contributed by atoms with Crippen LogP contribution >= 0.6 is 0 Å². The number of sulfonamides is 1. The number of carbonyl (C=O) groups excluding carboxylic acids is 1. The van der Waals surface area contributed by atoms with Crippen LogP contribution in [0.3, 0.4) is 0 Å². The number of aliphatic hydroxyl groups is 1. The average Bonchev–Trinajstić information content (AvgIpc) is 3.40. The number of aliphatic hydroxyl groups excluding tert-OH is 1. The van der Waals surface area contributed by atoms with Crippen LogP contribution in [0.25, 0.3) is 0 Å². The van der Waals surface area contributed by atoms with Crippen molar-refractivity contribution in [2.75, 3.05) is 46.2 Å². The topological polar surface area (TPSA) is 87.2 Å². The van der Waals surface area contributed by atoms with Gasteiger partial charge in [0.15, 0.2) is 0 Å². The highest BCUT2D eigenvalue weighted by Crippen LogP contribution is 2.51. The Morgan fingerprint density at radius 3 is 2.46 bits per heavy atom. The van der Waals surface area contributed by atoms with Gasteiger partial charge in [-0.1, -0.05) is 12.1 Å². The lowest BCUT2D eigenvalue weighted by Gasteiger charge is -2.44. The third-order valence-electron chi connectivity index (χ3n) is 6.91. The molecule has 0 aromatic heterocycles. The van der Waals surface area contributed by atoms with Gasteiger partial charge in [0.25, 0.3) is 0 Å². The first-order valence-electron chi connectivity index (χ1n) is 9.74. The SMILES string of the molecule is COc1ccc(C2(C(=O)N3CC[C@@H]4CN(S(C)(=O)=O)C[C@]4(CO)C3)CC2)cc1. The summed E-state index contributed by atoms with van der Waals surface area (Å²) < 4.78 is 30.7. The fraction of sp³-hybridized carbons (Fsp3) is 0.650. The zero-order valence-corrected chi connectivity index (χ0v) is 17.2. The van der Waals surface area contributed by atoms with E-state index in [1.54, 1.807) is 7.11 Å². The van der Waals surface area contributed by atoms with Crippen molar-refractivity contribution in [2.45, 2.75) is 24.7 Å². The van der Waals surface area contributed by atoms with Crippen LogP contribution in [-0.4, -0.2) is 74.8 Å². The fourth-order valence-corrected chi connectivity index (χ4v) is 5.89. The second-order valence-corrected chi connectivity index (χ2v) is 10.6. The van der Waals surface area contributed by atoms with E-state index < -0.39 is 20.9 Å². The molecule has 1 saturated carbocycles. The number of piperidine rings is 1. The molecule has 0 unspecified atom stereocenters. The van der Waals surface area contributed by atoms with E-state index in [1.807, 2.05) is 29.2 Å². The summed E-state index contributed by atoms with van der Waals surface area (Å²) in [4.78, 5) is 15.3. The molecule has 8 heteroatoms. The molecule has 0 bridgehead atoms. The van der Waals surface area contributed by atoms with E-state index in [1.165, 1.54) is 10.6 Å². The summed E-state index contributed by atoms with van der Waals surface area (Å²) in [5.74, 6) is 0.952. The van der Waals surface area contributed by atoms with Crippen molar-refractivity contribution in [1.82, 2.24) is 9.21 Å². The van der Waals surface area contributed by atoms with E-state index in [2.05, 4.69) is 0 Å². The molecule has 2 heterocycles. The molecule has 1 aromatic rings. The third kappa shape index (κ3) is 3.11. The van der Waals surface area contributed by atoms with Gasteiger partial charge in [-0.25, -0.2) is 12.7 Å². The third-order valence-corrected chi connectivity index (χ3v) is 8.12. The zero-order valence-electron chi connectivity index (χ0n) is 16.4. The number of carbonyl (C=O) groups is 1. The standard InChI is InChI=1S/C20H28N2O5S/c1-27-17-5-3-15(4-6-17)20(8-9-20)18(24)21-10-7-16-11-22(28(2,25)26)13-19(16,12-21)14-23/h3-6,16,23H,7-14H2,1-2H3/t16-,19+/m1/s1. The molecule has 1 aliphatic carbocycles. The number of fused-ring (bicyclic) bond motifs is 1. The van der Waals surface area contributed by atoms with E-state index >= 15 is 0 Å². The normalized spacial score (nSPS) is 29.4. The van der Waals surface area contributed by atoms with Crippen molar-refractivity contribution >= 4 is 15.9 Å². The summed E-state index contributed by atoms with van der Waals surface area (Å²) in [6, 6.07) is 7.68. The predicted octanol–water partition coefficient (Wildman–Crippen LogP) is 0.829. The number of rotatable bonds is 5. The van der Waals surface area contributed by atoms with Gasteiger partial charge in [0.2, 0.25) is 15.9 Å². The molecule has 28 heavy (non-hydrogen) atoms. The van der Waals surface area contributed by atoms with E-state index in [9.17, 15) is 18.3 Å². The Morgan fingerprint density at radius 1 is 1.25 bits per heavy atom. The van der Waals surface area contributed by atoms with Crippen LogP contribution < -0.4 is 4.74 Å². The lowest BCUT2D eigenvalue weighted by atomic mass is 9.73. The maximum Gasteiger partial charge on any atom is 0.233 e. The van der Waals surface area contributed by atoms with Crippen molar-refractivity contribution in [3.05, 3.63) is 29.8 Å². The Labute approximate surface area is 166 Å². The van der Waals surface area contributed by atoms with Crippen LogP contribution in [0.15, 0.2) is 24.3 Å². The highest BCUT2D eigenvalue weighted by Gasteiger charge is 2.57. The number of hydrogen-bond donors (Lipinski definition) is 1. The first-order valence-corrected chi connectivity index (χ1v) is 11.6. The first-order chi connectivity index (χ1) is 13.2. The van der Waals surface area contributed by atoms with Crippen molar-refractivity contribution < 1.29 is 23.1 Å². The van der Waals surface area contributed by atoms with Gasteiger partial charge in [-0.15, -0.1) is 0 Å². The number of hydrogen-bond acceptors (Lipinski definition) is 5. The fourth-order valence-electron chi connectivity index (χ4n) is 4.95. The van der Waals surface area contributed by atoms with Gasteiger partial charge in [-0.05, 0) is 42.9 Å². The highest BCUT2D eigenvalue weighted by atomic mass is 32.2. The Hall–Kier alpha value is -1.64. The molecule has 0 radical (unpaired) electrons. The van der Waals surface area contributed by atoms with Gasteiger partial charge in [-0.3, -0.25) is 4.79 Å². The van der Waals surface area contributed by atoms with E-state index in [4.69, 9.17) is 4.74 Å². The molecule has 4 rings (SSSR count). The number of ether oxygens (including phenoxy) is 1. The van der Waals surface area contributed by atoms with Crippen LogP contribution in [0.5, 0.6) is 5.75 Å². The molecule has 2 atom stereocenters. The number of likely N-dealkylation sites (tertiary alicyclic amines) is 1. The minimum absolute atomic E-state index is 0.0902. The van der Waals surface area contributed by atoms with Gasteiger partial charge in [0, 0.05) is 31.6 Å². The van der Waals surface area contributed by atoms with Crippen molar-refractivity contribution in [1.29, 1.82) is 0 Å². The molecule has 3 fully saturated rings. The zero-order chi connectivity index (χ0) is 20.2. The van der Waals surface area contributed by atoms with Crippen molar-refractivity contribution in [3.63, 3.8) is 0 Å². The van der Waals surface area contributed by atoms with Crippen LogP contribution in [0.1, 0.15) is 24.8 Å². The molecule has 2 aliphatic heterocycles. The predicted molar refractivity (Wildman–Crippen MR) is 105 cm³/mol. The largest absolute Gasteiger partial charge is 0.497 e. The van der Waals surface area contributed by atoms with Gasteiger partial charge in [0.1, 0.15) is 5.75 Å². The summed E-state index contributed by atoms with van der Waals surface area (Å²) in [5, 5.41) is 10.2. The molecule has 154 valence electrons. The Balaban J connectivity index is 1.55. The van der Waals surface area contributed by atoms with Gasteiger partial charge < -0.3 is 14.7 Å². The second kappa shape index (κ2) is 6.71. The molecule has 3 aliphatic rings. The number of nitrogens with zero attached hydrogens (tertiary/aromatic N) is 2. The molecular formula is C20H28N2O5S. The summed E-state index contributed by atoms with van der Waals surface area (Å²) in [6.07, 6.45) is 3.57. The molecule has 1 aromatic carbocycles. The highest BCUT2D eigenvalue weighted by molar-refractivity contribution is 7.88. The average molecular weight is 409 g/mol. The van der Waals surface area contributed by atoms with Crippen LogP contribution in [0.2, 0.25) is 0 Å². The first kappa shape index (κ1) is 19.7. The summed E-state index contributed by atoms with van der Waals surface area (Å²) in [7, 11) is -1.69. The lowest BCUT2D eigenvalue weighted by molar-refractivity contribution is -0.139. The van der Waals surface area contributed by atoms with Gasteiger partial charge in [0.05, 0.1) is 25.4 Å². The Bertz CT molecular complexity index is 865. The minimum Gasteiger partial charge on any atom is -0.497 e.